The van der Waals surface area contributed by atoms with Gasteiger partial charge in [0.05, 0.1) is 17.4 Å². The zero-order valence-corrected chi connectivity index (χ0v) is 12.4. The predicted molar refractivity (Wildman–Crippen MR) is 83.3 cm³/mol. The Morgan fingerprint density at radius 2 is 2.19 bits per heavy atom. The molecule has 1 aromatic carbocycles. The number of aromatic amines is 1. The van der Waals surface area contributed by atoms with Crippen LogP contribution >= 0.6 is 0 Å². The molecule has 1 amide bonds. The van der Waals surface area contributed by atoms with Gasteiger partial charge < -0.3 is 15.2 Å². The van der Waals surface area contributed by atoms with Crippen molar-refractivity contribution in [1.82, 2.24) is 20.2 Å². The standard InChI is InChI=1S/C16H22N4O/c1-2-9-20(13-5-7-17-8-6-13)16(21)12-3-4-14-15(10-12)19-11-18-14/h3-4,10-11,13,17H,2,5-9H2,1H3,(H,18,19). The van der Waals surface area contributed by atoms with Crippen molar-refractivity contribution in [3.05, 3.63) is 30.1 Å². The van der Waals surface area contributed by atoms with Gasteiger partial charge in [0.1, 0.15) is 0 Å². The van der Waals surface area contributed by atoms with Crippen molar-refractivity contribution in [2.75, 3.05) is 19.6 Å². The van der Waals surface area contributed by atoms with Gasteiger partial charge in [-0.1, -0.05) is 6.92 Å². The molecule has 112 valence electrons. The van der Waals surface area contributed by atoms with Crippen LogP contribution in [0.4, 0.5) is 0 Å². The summed E-state index contributed by atoms with van der Waals surface area (Å²) in [6.45, 7) is 4.94. The third kappa shape index (κ3) is 2.93. The van der Waals surface area contributed by atoms with Crippen LogP contribution in [0.2, 0.25) is 0 Å². The first kappa shape index (κ1) is 14.1. The van der Waals surface area contributed by atoms with E-state index in [9.17, 15) is 4.79 Å². The molecule has 2 N–H and O–H groups in total. The Labute approximate surface area is 124 Å². The highest BCUT2D eigenvalue weighted by molar-refractivity contribution is 5.97. The van der Waals surface area contributed by atoms with E-state index in [1.54, 1.807) is 6.33 Å². The molecule has 1 aliphatic heterocycles. The Balaban J connectivity index is 1.84. The second-order valence-corrected chi connectivity index (χ2v) is 5.61. The molecule has 0 radical (unpaired) electrons. The van der Waals surface area contributed by atoms with E-state index in [1.165, 1.54) is 0 Å². The number of piperidine rings is 1. The minimum atomic E-state index is 0.139. The first-order chi connectivity index (χ1) is 10.3. The number of benzene rings is 1. The van der Waals surface area contributed by atoms with Crippen LogP contribution in [0, 0.1) is 0 Å². The van der Waals surface area contributed by atoms with E-state index >= 15 is 0 Å². The van der Waals surface area contributed by atoms with Gasteiger partial charge in [0.25, 0.3) is 5.91 Å². The normalized spacial score (nSPS) is 16.2. The smallest absolute Gasteiger partial charge is 0.254 e. The highest BCUT2D eigenvalue weighted by Gasteiger charge is 2.25. The van der Waals surface area contributed by atoms with Gasteiger partial charge in [-0.05, 0) is 50.6 Å². The van der Waals surface area contributed by atoms with Crippen molar-refractivity contribution >= 4 is 16.9 Å². The number of nitrogens with one attached hydrogen (secondary N) is 2. The first-order valence-electron chi connectivity index (χ1n) is 7.74. The van der Waals surface area contributed by atoms with Crippen LogP contribution < -0.4 is 5.32 Å². The van der Waals surface area contributed by atoms with Gasteiger partial charge in [-0.15, -0.1) is 0 Å². The maximum atomic E-state index is 12.9. The molecule has 0 bridgehead atoms. The first-order valence-corrected chi connectivity index (χ1v) is 7.74. The molecule has 0 unspecified atom stereocenters. The number of hydrogen-bond acceptors (Lipinski definition) is 3. The zero-order chi connectivity index (χ0) is 14.7. The van der Waals surface area contributed by atoms with Crippen molar-refractivity contribution in [3.63, 3.8) is 0 Å². The predicted octanol–water partition coefficient (Wildman–Crippen LogP) is 2.17. The molecule has 1 aliphatic rings. The number of carbonyl (C=O) groups is 1. The van der Waals surface area contributed by atoms with E-state index < -0.39 is 0 Å². The molecule has 1 fully saturated rings. The van der Waals surface area contributed by atoms with Gasteiger partial charge in [0.15, 0.2) is 0 Å². The molecule has 1 aromatic heterocycles. The number of hydrogen-bond donors (Lipinski definition) is 2. The lowest BCUT2D eigenvalue weighted by Gasteiger charge is -2.34. The molecular weight excluding hydrogens is 264 g/mol. The average molecular weight is 286 g/mol. The molecule has 0 spiro atoms. The SMILES string of the molecule is CCCN(C(=O)c1ccc2nc[nH]c2c1)C1CCNCC1. The second-order valence-electron chi connectivity index (χ2n) is 5.61. The maximum Gasteiger partial charge on any atom is 0.254 e. The molecule has 5 nitrogen and oxygen atoms in total. The molecule has 2 aromatic rings. The van der Waals surface area contributed by atoms with E-state index in [0.29, 0.717) is 6.04 Å². The quantitative estimate of drug-likeness (QED) is 0.905. The number of fused-ring (bicyclic) bond motifs is 1. The highest BCUT2D eigenvalue weighted by Crippen LogP contribution is 2.18. The van der Waals surface area contributed by atoms with Crippen molar-refractivity contribution in [2.24, 2.45) is 0 Å². The number of carbonyl (C=O) groups excluding carboxylic acids is 1. The van der Waals surface area contributed by atoms with Crippen LogP contribution in [0.1, 0.15) is 36.5 Å². The van der Waals surface area contributed by atoms with E-state index in [-0.39, 0.29) is 5.91 Å². The number of H-pyrrole nitrogens is 1. The van der Waals surface area contributed by atoms with Gasteiger partial charge >= 0.3 is 0 Å². The van der Waals surface area contributed by atoms with E-state index in [1.807, 2.05) is 18.2 Å². The molecule has 0 atom stereocenters. The van der Waals surface area contributed by atoms with Crippen LogP contribution in [-0.4, -0.2) is 46.5 Å². The van der Waals surface area contributed by atoms with Gasteiger partial charge in [-0.25, -0.2) is 4.98 Å². The van der Waals surface area contributed by atoms with Crippen LogP contribution in [0.3, 0.4) is 0 Å². The lowest BCUT2D eigenvalue weighted by atomic mass is 10.0. The summed E-state index contributed by atoms with van der Waals surface area (Å²) < 4.78 is 0. The van der Waals surface area contributed by atoms with Crippen LogP contribution in [0.5, 0.6) is 0 Å². The van der Waals surface area contributed by atoms with Gasteiger partial charge in [-0.2, -0.15) is 0 Å². The Kier molecular flexibility index (Phi) is 4.20. The summed E-state index contributed by atoms with van der Waals surface area (Å²) in [6.07, 6.45) is 4.73. The fourth-order valence-corrected chi connectivity index (χ4v) is 3.04. The monoisotopic (exact) mass is 286 g/mol. The van der Waals surface area contributed by atoms with Crippen LogP contribution in [0.15, 0.2) is 24.5 Å². The maximum absolute atomic E-state index is 12.9. The van der Waals surface area contributed by atoms with Crippen LogP contribution in [0.25, 0.3) is 11.0 Å². The Morgan fingerprint density at radius 1 is 1.38 bits per heavy atom. The average Bonchev–Trinajstić information content (AvgIpc) is 3.00. The van der Waals surface area contributed by atoms with E-state index in [0.717, 1.165) is 55.5 Å². The summed E-state index contributed by atoms with van der Waals surface area (Å²) in [5.41, 5.74) is 2.57. The lowest BCUT2D eigenvalue weighted by Crippen LogP contribution is -2.46. The summed E-state index contributed by atoms with van der Waals surface area (Å²) in [6, 6.07) is 6.06. The minimum Gasteiger partial charge on any atom is -0.345 e. The second kappa shape index (κ2) is 6.26. The molecule has 2 heterocycles. The summed E-state index contributed by atoms with van der Waals surface area (Å²) in [5, 5.41) is 3.36. The number of nitrogens with zero attached hydrogens (tertiary/aromatic N) is 2. The Hall–Kier alpha value is -1.88. The van der Waals surface area contributed by atoms with Crippen molar-refractivity contribution in [2.45, 2.75) is 32.2 Å². The van der Waals surface area contributed by atoms with Crippen molar-refractivity contribution < 1.29 is 4.79 Å². The zero-order valence-electron chi connectivity index (χ0n) is 12.4. The van der Waals surface area contributed by atoms with E-state index in [4.69, 9.17) is 0 Å². The minimum absolute atomic E-state index is 0.139. The molecule has 21 heavy (non-hydrogen) atoms. The van der Waals surface area contributed by atoms with Gasteiger partial charge in [0, 0.05) is 18.2 Å². The number of amides is 1. The molecule has 0 aliphatic carbocycles. The summed E-state index contributed by atoms with van der Waals surface area (Å²) >= 11 is 0. The van der Waals surface area contributed by atoms with Gasteiger partial charge in [-0.3, -0.25) is 4.79 Å². The molecule has 1 saturated heterocycles. The Bertz CT molecular complexity index is 616. The van der Waals surface area contributed by atoms with E-state index in [2.05, 4.69) is 27.1 Å². The number of aromatic nitrogens is 2. The molecule has 5 heteroatoms. The number of imidazole rings is 1. The summed E-state index contributed by atoms with van der Waals surface area (Å²) in [4.78, 5) is 22.2. The lowest BCUT2D eigenvalue weighted by molar-refractivity contribution is 0.0643. The molecular formula is C16H22N4O. The molecule has 0 saturated carbocycles. The third-order valence-corrected chi connectivity index (χ3v) is 4.14. The number of rotatable bonds is 4. The summed E-state index contributed by atoms with van der Waals surface area (Å²) in [5.74, 6) is 0.139. The largest absolute Gasteiger partial charge is 0.345 e. The van der Waals surface area contributed by atoms with Crippen LogP contribution in [-0.2, 0) is 0 Å². The topological polar surface area (TPSA) is 61.0 Å². The summed E-state index contributed by atoms with van der Waals surface area (Å²) in [7, 11) is 0. The Morgan fingerprint density at radius 3 is 2.95 bits per heavy atom. The highest BCUT2D eigenvalue weighted by atomic mass is 16.2. The fraction of sp³-hybridized carbons (Fsp3) is 0.500. The fourth-order valence-electron chi connectivity index (χ4n) is 3.04. The molecule has 3 rings (SSSR count). The van der Waals surface area contributed by atoms with Crippen molar-refractivity contribution in [3.8, 4) is 0 Å². The van der Waals surface area contributed by atoms with Gasteiger partial charge in [0.2, 0.25) is 0 Å². The third-order valence-electron chi connectivity index (χ3n) is 4.14. The van der Waals surface area contributed by atoms with Crippen molar-refractivity contribution in [1.29, 1.82) is 0 Å².